The van der Waals surface area contributed by atoms with Gasteiger partial charge in [-0.25, -0.2) is 0 Å². The molecule has 0 saturated heterocycles. The molecular formula is C16H27B2NO2. The summed E-state index contributed by atoms with van der Waals surface area (Å²) in [6.07, 6.45) is 5.11. The molecule has 1 aromatic carbocycles. The molecule has 0 spiro atoms. The van der Waals surface area contributed by atoms with Gasteiger partial charge in [0.15, 0.2) is 0 Å². The van der Waals surface area contributed by atoms with E-state index in [1.165, 1.54) is 6.42 Å². The number of aliphatic hydroxyl groups is 1. The van der Waals surface area contributed by atoms with Crippen LogP contribution in [0.1, 0.15) is 43.6 Å². The summed E-state index contributed by atoms with van der Waals surface area (Å²) in [6, 6.07) is 7.36. The van der Waals surface area contributed by atoms with Crippen molar-refractivity contribution in [3.63, 3.8) is 0 Å². The zero-order chi connectivity index (χ0) is 15.7. The second-order valence-corrected chi connectivity index (χ2v) is 7.24. The number of benzene rings is 1. The lowest BCUT2D eigenvalue weighted by atomic mass is 9.48. The lowest BCUT2D eigenvalue weighted by molar-refractivity contribution is -0.0389. The first-order valence-electron chi connectivity index (χ1n) is 7.96. The maximum atomic E-state index is 11.3. The number of hydrogen-bond acceptors (Lipinski definition) is 3. The smallest absolute Gasteiger partial charge is 0.118 e. The fraction of sp³-hybridized carbons (Fsp3) is 0.625. The first-order valence-corrected chi connectivity index (χ1v) is 7.96. The van der Waals surface area contributed by atoms with Crippen molar-refractivity contribution in [2.45, 2.75) is 49.0 Å². The highest BCUT2D eigenvalue weighted by Crippen LogP contribution is 2.45. The van der Waals surface area contributed by atoms with Gasteiger partial charge in [-0.2, -0.15) is 0 Å². The molecule has 0 radical (unpaired) electrons. The molecule has 2 N–H and O–H groups in total. The van der Waals surface area contributed by atoms with Crippen molar-refractivity contribution in [2.24, 2.45) is 0 Å². The number of likely N-dealkylation sites (N-methyl/N-ethyl adjacent to an activating group) is 1. The first kappa shape index (κ1) is 16.4. The van der Waals surface area contributed by atoms with E-state index in [1.54, 1.807) is 12.1 Å². The van der Waals surface area contributed by atoms with Crippen molar-refractivity contribution in [3.8, 4) is 5.75 Å². The minimum atomic E-state index is -0.664. The van der Waals surface area contributed by atoms with E-state index in [0.29, 0.717) is 0 Å². The standard InChI is InChI=1S/C16H27B2NO2/c1-19(2)16(17,18)14(12-6-8-13(20)9-7-12)15(21)10-4-3-5-11-15/h6-9,14,20-21H,3-5,10-11,17-18H2,1-2H3. The van der Waals surface area contributed by atoms with Crippen LogP contribution in [-0.2, 0) is 0 Å². The van der Waals surface area contributed by atoms with Gasteiger partial charge in [0.25, 0.3) is 0 Å². The van der Waals surface area contributed by atoms with Gasteiger partial charge in [0.2, 0.25) is 0 Å². The molecule has 0 heterocycles. The van der Waals surface area contributed by atoms with Crippen LogP contribution in [0, 0.1) is 0 Å². The number of aromatic hydroxyl groups is 1. The fourth-order valence-corrected chi connectivity index (χ4v) is 3.75. The summed E-state index contributed by atoms with van der Waals surface area (Å²) in [4.78, 5) is 2.19. The Hall–Kier alpha value is -0.930. The third-order valence-corrected chi connectivity index (χ3v) is 5.34. The molecule has 0 aliphatic heterocycles. The van der Waals surface area contributed by atoms with Gasteiger partial charge in [0.05, 0.1) is 5.60 Å². The predicted molar refractivity (Wildman–Crippen MR) is 92.4 cm³/mol. The molecule has 0 aromatic heterocycles. The average Bonchev–Trinajstić information content (AvgIpc) is 2.41. The van der Waals surface area contributed by atoms with Crippen molar-refractivity contribution in [1.82, 2.24) is 4.90 Å². The van der Waals surface area contributed by atoms with E-state index in [4.69, 9.17) is 0 Å². The number of rotatable bonds is 4. The van der Waals surface area contributed by atoms with Gasteiger partial charge in [0.1, 0.15) is 21.4 Å². The Bertz CT molecular complexity index is 468. The Morgan fingerprint density at radius 1 is 1.10 bits per heavy atom. The zero-order valence-corrected chi connectivity index (χ0v) is 13.8. The molecule has 0 bridgehead atoms. The number of nitrogens with zero attached hydrogens (tertiary/aromatic N) is 1. The number of phenols is 1. The molecule has 114 valence electrons. The van der Waals surface area contributed by atoms with Crippen LogP contribution in [0.2, 0.25) is 0 Å². The van der Waals surface area contributed by atoms with Crippen LogP contribution in [0.5, 0.6) is 5.75 Å². The van der Waals surface area contributed by atoms with Crippen LogP contribution < -0.4 is 0 Å². The van der Waals surface area contributed by atoms with Gasteiger partial charge >= 0.3 is 0 Å². The zero-order valence-electron chi connectivity index (χ0n) is 13.8. The van der Waals surface area contributed by atoms with Gasteiger partial charge in [0, 0.05) is 5.92 Å². The molecule has 1 aliphatic rings. The van der Waals surface area contributed by atoms with E-state index in [0.717, 1.165) is 31.2 Å². The van der Waals surface area contributed by atoms with Crippen LogP contribution in [-0.4, -0.2) is 55.8 Å². The lowest BCUT2D eigenvalue weighted by Gasteiger charge is -2.50. The van der Waals surface area contributed by atoms with Crippen molar-refractivity contribution >= 4 is 15.7 Å². The van der Waals surface area contributed by atoms with Gasteiger partial charge < -0.3 is 15.1 Å². The highest BCUT2D eigenvalue weighted by atomic mass is 16.3. The Kier molecular flexibility index (Phi) is 4.74. The molecular weight excluding hydrogens is 260 g/mol. The molecule has 1 aromatic rings. The van der Waals surface area contributed by atoms with Gasteiger partial charge in [-0.1, -0.05) is 31.4 Å². The topological polar surface area (TPSA) is 43.7 Å². The molecule has 21 heavy (non-hydrogen) atoms. The second-order valence-electron chi connectivity index (χ2n) is 7.24. The molecule has 1 atom stereocenters. The van der Waals surface area contributed by atoms with Crippen LogP contribution in [0.25, 0.3) is 0 Å². The SMILES string of the molecule is BC(B)(C(c1ccc(O)cc1)C1(O)CCCCC1)N(C)C. The van der Waals surface area contributed by atoms with E-state index in [-0.39, 0.29) is 17.0 Å². The van der Waals surface area contributed by atoms with Gasteiger partial charge in [-0.3, -0.25) is 0 Å². The third kappa shape index (κ3) is 3.29. The van der Waals surface area contributed by atoms with Gasteiger partial charge in [-0.05, 0) is 50.0 Å². The van der Waals surface area contributed by atoms with Crippen LogP contribution in [0.15, 0.2) is 24.3 Å². The molecule has 1 unspecified atom stereocenters. The Balaban J connectivity index is 2.46. The summed E-state index contributed by atoms with van der Waals surface area (Å²) in [5, 5.41) is 20.7. The summed E-state index contributed by atoms with van der Waals surface area (Å²) < 4.78 is 0. The molecule has 3 nitrogen and oxygen atoms in total. The molecule has 1 fully saturated rings. The van der Waals surface area contributed by atoms with Crippen LogP contribution in [0.4, 0.5) is 0 Å². The monoisotopic (exact) mass is 287 g/mol. The normalized spacial score (nSPS) is 20.4. The predicted octanol–water partition coefficient (Wildman–Crippen LogP) is 0.653. The summed E-state index contributed by atoms with van der Waals surface area (Å²) in [6.45, 7) is 0. The molecule has 1 aliphatic carbocycles. The quantitative estimate of drug-likeness (QED) is 0.799. The van der Waals surface area contributed by atoms with E-state index < -0.39 is 5.60 Å². The largest absolute Gasteiger partial charge is 0.508 e. The lowest BCUT2D eigenvalue weighted by Crippen LogP contribution is -2.58. The highest BCUT2D eigenvalue weighted by molar-refractivity contribution is 6.40. The highest BCUT2D eigenvalue weighted by Gasteiger charge is 2.47. The number of phenolic OH excluding ortho intramolecular Hbond substituents is 1. The molecule has 5 heteroatoms. The summed E-state index contributed by atoms with van der Waals surface area (Å²) >= 11 is 0. The van der Waals surface area contributed by atoms with Crippen LogP contribution in [0.3, 0.4) is 0 Å². The van der Waals surface area contributed by atoms with Crippen molar-refractivity contribution in [2.75, 3.05) is 14.1 Å². The Morgan fingerprint density at radius 2 is 1.62 bits per heavy atom. The minimum Gasteiger partial charge on any atom is -0.508 e. The molecule has 1 saturated carbocycles. The average molecular weight is 287 g/mol. The third-order valence-electron chi connectivity index (χ3n) is 5.34. The summed E-state index contributed by atoms with van der Waals surface area (Å²) in [5.41, 5.74) is 0.444. The molecule has 2 rings (SSSR count). The van der Waals surface area contributed by atoms with Crippen LogP contribution >= 0.6 is 0 Å². The molecule has 0 amide bonds. The van der Waals surface area contributed by atoms with E-state index in [1.807, 2.05) is 12.1 Å². The van der Waals surface area contributed by atoms with Gasteiger partial charge in [-0.15, -0.1) is 0 Å². The van der Waals surface area contributed by atoms with Crippen molar-refractivity contribution < 1.29 is 10.2 Å². The summed E-state index contributed by atoms with van der Waals surface area (Å²) in [7, 11) is 8.52. The number of hydrogen-bond donors (Lipinski definition) is 2. The first-order chi connectivity index (χ1) is 9.77. The minimum absolute atomic E-state index is 0.0286. The fourth-order valence-electron chi connectivity index (χ4n) is 3.75. The maximum Gasteiger partial charge on any atom is 0.118 e. The Labute approximate surface area is 130 Å². The Morgan fingerprint density at radius 3 is 2.10 bits per heavy atom. The van der Waals surface area contributed by atoms with E-state index in [9.17, 15) is 10.2 Å². The summed E-state index contributed by atoms with van der Waals surface area (Å²) in [5.74, 6) is 0.302. The van der Waals surface area contributed by atoms with Crippen molar-refractivity contribution in [3.05, 3.63) is 29.8 Å². The van der Waals surface area contributed by atoms with E-state index >= 15 is 0 Å². The maximum absolute atomic E-state index is 11.3. The van der Waals surface area contributed by atoms with Crippen molar-refractivity contribution in [1.29, 1.82) is 0 Å². The van der Waals surface area contributed by atoms with E-state index in [2.05, 4.69) is 34.7 Å². The second kappa shape index (κ2) is 6.05.